The molecule has 2 N–H and O–H groups in total. The summed E-state index contributed by atoms with van der Waals surface area (Å²) in [6, 6.07) is 6.77. The van der Waals surface area contributed by atoms with E-state index in [2.05, 4.69) is 0 Å². The van der Waals surface area contributed by atoms with E-state index >= 15 is 0 Å². The smallest absolute Gasteiger partial charge is 0.422 e. The standard InChI is InChI=1S/C25H23ClF4O5/c1-5-16(10-13(2)15(4)31)24(34,25(28,29)30)14(3)19-8-6-17(11-21(19)26)35-18-7-9-20(23(32)33)22(27)12-18/h5-12,14,34H,1-4H3,(H,32,33)/b13-10-,16-5+/t14-,24-/m0/s1. The molecule has 0 saturated carbocycles. The lowest BCUT2D eigenvalue weighted by Crippen LogP contribution is -2.50. The van der Waals surface area contributed by atoms with Gasteiger partial charge in [-0.2, -0.15) is 13.2 Å². The van der Waals surface area contributed by atoms with Gasteiger partial charge in [0.25, 0.3) is 0 Å². The summed E-state index contributed by atoms with van der Waals surface area (Å²) in [5.74, 6) is -4.55. The molecule has 0 radical (unpaired) electrons. The van der Waals surface area contributed by atoms with Crippen LogP contribution in [0.3, 0.4) is 0 Å². The second-order valence-corrected chi connectivity index (χ2v) is 8.25. The zero-order valence-electron chi connectivity index (χ0n) is 19.2. The number of hydrogen-bond acceptors (Lipinski definition) is 4. The Hall–Kier alpha value is -3.17. The number of hydrogen-bond donors (Lipinski definition) is 2. The van der Waals surface area contributed by atoms with Crippen LogP contribution < -0.4 is 4.74 Å². The number of benzene rings is 2. The Morgan fingerprint density at radius 2 is 1.66 bits per heavy atom. The van der Waals surface area contributed by atoms with Crippen molar-refractivity contribution in [3.8, 4) is 11.5 Å². The summed E-state index contributed by atoms with van der Waals surface area (Å²) >= 11 is 6.25. The van der Waals surface area contributed by atoms with Crippen molar-refractivity contribution in [1.29, 1.82) is 0 Å². The number of aromatic carboxylic acids is 1. The average Bonchev–Trinajstić information content (AvgIpc) is 2.75. The van der Waals surface area contributed by atoms with Crippen LogP contribution in [0, 0.1) is 5.82 Å². The van der Waals surface area contributed by atoms with Crippen LogP contribution in [-0.4, -0.2) is 33.7 Å². The highest BCUT2D eigenvalue weighted by molar-refractivity contribution is 6.31. The molecule has 0 bridgehead atoms. The summed E-state index contributed by atoms with van der Waals surface area (Å²) in [4.78, 5) is 22.5. The minimum atomic E-state index is -5.12. The fourth-order valence-electron chi connectivity index (χ4n) is 3.42. The molecule has 35 heavy (non-hydrogen) atoms. The zero-order chi connectivity index (χ0) is 26.7. The number of rotatable bonds is 8. The van der Waals surface area contributed by atoms with Gasteiger partial charge in [-0.15, -0.1) is 0 Å². The van der Waals surface area contributed by atoms with Gasteiger partial charge in [-0.05, 0) is 67.8 Å². The van der Waals surface area contributed by atoms with E-state index in [9.17, 15) is 32.3 Å². The van der Waals surface area contributed by atoms with Gasteiger partial charge in [0.05, 0.1) is 5.56 Å². The molecule has 0 unspecified atom stereocenters. The van der Waals surface area contributed by atoms with Crippen molar-refractivity contribution >= 4 is 23.4 Å². The third-order valence-corrected chi connectivity index (χ3v) is 5.91. The molecular weight excluding hydrogens is 492 g/mol. The van der Waals surface area contributed by atoms with Crippen LogP contribution in [0.5, 0.6) is 11.5 Å². The lowest BCUT2D eigenvalue weighted by atomic mass is 9.76. The number of ether oxygens (including phenoxy) is 1. The summed E-state index contributed by atoms with van der Waals surface area (Å²) in [6.07, 6.45) is -3.05. The second-order valence-electron chi connectivity index (χ2n) is 7.85. The van der Waals surface area contributed by atoms with Gasteiger partial charge in [0.1, 0.15) is 17.3 Å². The summed E-state index contributed by atoms with van der Waals surface area (Å²) in [6.45, 7) is 5.01. The van der Waals surface area contributed by atoms with E-state index in [1.54, 1.807) is 0 Å². The largest absolute Gasteiger partial charge is 0.478 e. The first kappa shape index (κ1) is 28.1. The molecule has 0 aliphatic heterocycles. The van der Waals surface area contributed by atoms with Crippen molar-refractivity contribution < 1.29 is 42.1 Å². The molecule has 10 heteroatoms. The number of carboxylic acids is 1. The van der Waals surface area contributed by atoms with Crippen LogP contribution >= 0.6 is 11.6 Å². The van der Waals surface area contributed by atoms with Gasteiger partial charge < -0.3 is 14.9 Å². The van der Waals surface area contributed by atoms with Crippen molar-refractivity contribution in [1.82, 2.24) is 0 Å². The first-order valence-corrected chi connectivity index (χ1v) is 10.7. The molecule has 0 aromatic heterocycles. The number of aliphatic hydroxyl groups is 1. The van der Waals surface area contributed by atoms with Crippen molar-refractivity contribution in [3.05, 3.63) is 81.7 Å². The van der Waals surface area contributed by atoms with E-state index in [0.29, 0.717) is 0 Å². The minimum absolute atomic E-state index is 0.0315. The summed E-state index contributed by atoms with van der Waals surface area (Å²) in [5, 5.41) is 19.7. The lowest BCUT2D eigenvalue weighted by Gasteiger charge is -2.38. The Labute approximate surface area is 204 Å². The minimum Gasteiger partial charge on any atom is -0.478 e. The molecule has 2 aromatic carbocycles. The SMILES string of the molecule is C/C=C(\C=C(\C)C(C)=O)[C@@](O)([C@@H](C)c1ccc(Oc2ccc(C(=O)O)c(F)c2)cc1Cl)C(F)(F)F. The number of halogens is 5. The maximum Gasteiger partial charge on any atom is 0.422 e. The maximum absolute atomic E-state index is 14.2. The van der Waals surface area contributed by atoms with Crippen LogP contribution in [0.1, 0.15) is 49.5 Å². The van der Waals surface area contributed by atoms with Crippen molar-refractivity contribution in [3.63, 3.8) is 0 Å². The first-order chi connectivity index (χ1) is 16.1. The topological polar surface area (TPSA) is 83.8 Å². The van der Waals surface area contributed by atoms with Gasteiger partial charge in [-0.25, -0.2) is 9.18 Å². The summed E-state index contributed by atoms with van der Waals surface area (Å²) < 4.78 is 62.0. The van der Waals surface area contributed by atoms with Crippen LogP contribution in [0.15, 0.2) is 59.7 Å². The first-order valence-electron chi connectivity index (χ1n) is 10.3. The van der Waals surface area contributed by atoms with Crippen LogP contribution in [0.25, 0.3) is 0 Å². The number of Topliss-reactive ketones (excluding diaryl/α,β-unsaturated/α-hetero) is 1. The summed E-state index contributed by atoms with van der Waals surface area (Å²) in [7, 11) is 0. The molecule has 0 heterocycles. The third-order valence-electron chi connectivity index (χ3n) is 5.58. The van der Waals surface area contributed by atoms with E-state index < -0.39 is 46.4 Å². The molecule has 2 rings (SSSR count). The predicted octanol–water partition coefficient (Wildman–Crippen LogP) is 6.85. The van der Waals surface area contributed by atoms with E-state index in [4.69, 9.17) is 21.4 Å². The monoisotopic (exact) mass is 514 g/mol. The zero-order valence-corrected chi connectivity index (χ0v) is 20.0. The molecule has 0 aliphatic rings. The molecule has 0 saturated heterocycles. The van der Waals surface area contributed by atoms with Gasteiger partial charge in [0.2, 0.25) is 0 Å². The van der Waals surface area contributed by atoms with E-state index in [-0.39, 0.29) is 27.7 Å². The van der Waals surface area contributed by atoms with Gasteiger partial charge in [-0.3, -0.25) is 4.79 Å². The number of carbonyl (C=O) groups excluding carboxylic acids is 1. The molecule has 2 aromatic rings. The van der Waals surface area contributed by atoms with Crippen LogP contribution in [0.2, 0.25) is 5.02 Å². The predicted molar refractivity (Wildman–Crippen MR) is 123 cm³/mol. The maximum atomic E-state index is 14.2. The number of alkyl halides is 3. The van der Waals surface area contributed by atoms with Gasteiger partial charge in [0, 0.05) is 17.0 Å². The van der Waals surface area contributed by atoms with Gasteiger partial charge in [0.15, 0.2) is 11.4 Å². The molecule has 5 nitrogen and oxygen atoms in total. The number of carboxylic acid groups (broad SMARTS) is 1. The lowest BCUT2D eigenvalue weighted by molar-refractivity contribution is -0.250. The molecule has 188 valence electrons. The van der Waals surface area contributed by atoms with E-state index in [1.807, 2.05) is 0 Å². The highest BCUT2D eigenvalue weighted by Gasteiger charge is 2.59. The van der Waals surface area contributed by atoms with E-state index in [0.717, 1.165) is 31.2 Å². The second kappa shape index (κ2) is 10.6. The Morgan fingerprint density at radius 3 is 2.11 bits per heavy atom. The molecule has 2 atom stereocenters. The highest BCUT2D eigenvalue weighted by atomic mass is 35.5. The fourth-order valence-corrected chi connectivity index (χ4v) is 3.76. The third kappa shape index (κ3) is 5.91. The Bertz CT molecular complexity index is 1200. The highest BCUT2D eigenvalue weighted by Crippen LogP contribution is 2.48. The molecular formula is C25H23ClF4O5. The van der Waals surface area contributed by atoms with E-state index in [1.165, 1.54) is 45.0 Å². The average molecular weight is 515 g/mol. The number of allylic oxidation sites excluding steroid dienone is 2. The Balaban J connectivity index is 2.47. The molecule has 0 fully saturated rings. The quantitative estimate of drug-likeness (QED) is 0.229. The van der Waals surface area contributed by atoms with Gasteiger partial charge in [-0.1, -0.05) is 30.7 Å². The molecule has 0 spiro atoms. The Kier molecular flexibility index (Phi) is 8.52. The van der Waals surface area contributed by atoms with Crippen molar-refractivity contribution in [2.24, 2.45) is 0 Å². The fraction of sp³-hybridized carbons (Fsp3) is 0.280. The van der Waals surface area contributed by atoms with Crippen LogP contribution in [0.4, 0.5) is 17.6 Å². The molecule has 0 amide bonds. The van der Waals surface area contributed by atoms with Crippen LogP contribution in [-0.2, 0) is 4.79 Å². The Morgan fingerprint density at radius 1 is 1.09 bits per heavy atom. The normalized spacial score (nSPS) is 15.4. The van der Waals surface area contributed by atoms with Gasteiger partial charge >= 0.3 is 12.1 Å². The van der Waals surface area contributed by atoms with Crippen molar-refractivity contribution in [2.45, 2.75) is 45.4 Å². The number of carbonyl (C=O) groups is 2. The number of ketones is 1. The summed E-state index contributed by atoms with van der Waals surface area (Å²) in [5.41, 5.74) is -4.47. The molecule has 0 aliphatic carbocycles. The van der Waals surface area contributed by atoms with Crippen molar-refractivity contribution in [2.75, 3.05) is 0 Å².